The summed E-state index contributed by atoms with van der Waals surface area (Å²) in [6, 6.07) is 13.8. The summed E-state index contributed by atoms with van der Waals surface area (Å²) in [6.45, 7) is 5.55. The summed E-state index contributed by atoms with van der Waals surface area (Å²) in [5.41, 5.74) is 3.96. The quantitative estimate of drug-likeness (QED) is 0.386. The molecule has 0 saturated carbocycles. The van der Waals surface area contributed by atoms with Gasteiger partial charge >= 0.3 is 5.97 Å². The summed E-state index contributed by atoms with van der Waals surface area (Å²) >= 11 is 0. The highest BCUT2D eigenvalue weighted by Gasteiger charge is 2.16. The van der Waals surface area contributed by atoms with Gasteiger partial charge in [0.2, 0.25) is 0 Å². The Hall–Kier alpha value is -3.15. The zero-order valence-corrected chi connectivity index (χ0v) is 18.1. The van der Waals surface area contributed by atoms with Gasteiger partial charge in [-0.1, -0.05) is 32.8 Å². The van der Waals surface area contributed by atoms with Crippen molar-refractivity contribution in [2.24, 2.45) is 0 Å². The summed E-state index contributed by atoms with van der Waals surface area (Å²) in [4.78, 5) is 11.2. The van der Waals surface area contributed by atoms with E-state index in [1.54, 1.807) is 18.2 Å². The summed E-state index contributed by atoms with van der Waals surface area (Å²) < 4.78 is 21.4. The lowest BCUT2D eigenvalue weighted by molar-refractivity contribution is -0.136. The molecule has 0 aliphatic heterocycles. The average Bonchev–Trinajstić information content (AvgIpc) is 3.17. The van der Waals surface area contributed by atoms with Crippen molar-refractivity contribution in [2.75, 3.05) is 6.61 Å². The van der Waals surface area contributed by atoms with E-state index >= 15 is 0 Å². The van der Waals surface area contributed by atoms with E-state index in [4.69, 9.17) is 9.84 Å². The molecule has 0 fully saturated rings. The molecule has 0 atom stereocenters. The van der Waals surface area contributed by atoms with Gasteiger partial charge in [-0.15, -0.1) is 0 Å². The number of hydrogen-bond acceptors (Lipinski definition) is 3. The van der Waals surface area contributed by atoms with E-state index in [1.165, 1.54) is 12.1 Å². The van der Waals surface area contributed by atoms with E-state index in [0.29, 0.717) is 23.6 Å². The lowest BCUT2D eigenvalue weighted by Gasteiger charge is -2.11. The maximum Gasteiger partial charge on any atom is 0.307 e. The molecule has 31 heavy (non-hydrogen) atoms. The van der Waals surface area contributed by atoms with E-state index in [2.05, 4.69) is 13.8 Å². The van der Waals surface area contributed by atoms with Crippen LogP contribution in [0.3, 0.4) is 0 Å². The van der Waals surface area contributed by atoms with Gasteiger partial charge in [0.15, 0.2) is 0 Å². The van der Waals surface area contributed by atoms with Gasteiger partial charge in [0.1, 0.15) is 11.6 Å². The van der Waals surface area contributed by atoms with Crippen molar-refractivity contribution >= 4 is 5.97 Å². The largest absolute Gasteiger partial charge is 0.493 e. The van der Waals surface area contributed by atoms with Crippen LogP contribution >= 0.6 is 0 Å². The molecule has 0 amide bonds. The first kappa shape index (κ1) is 22.5. The number of rotatable bonds is 11. The minimum Gasteiger partial charge on any atom is -0.493 e. The van der Waals surface area contributed by atoms with E-state index in [-0.39, 0.29) is 12.2 Å². The number of aliphatic carboxylic acids is 1. The number of benzene rings is 2. The Balaban J connectivity index is 2.06. The second-order valence-corrected chi connectivity index (χ2v) is 7.60. The van der Waals surface area contributed by atoms with Crippen molar-refractivity contribution < 1.29 is 19.0 Å². The molecule has 3 aromatic rings. The molecule has 0 unspecified atom stereocenters. The fourth-order valence-electron chi connectivity index (χ4n) is 3.39. The normalized spacial score (nSPS) is 10.9. The van der Waals surface area contributed by atoms with Crippen LogP contribution in [-0.4, -0.2) is 27.5 Å². The highest BCUT2D eigenvalue weighted by molar-refractivity contribution is 5.76. The van der Waals surface area contributed by atoms with Crippen LogP contribution < -0.4 is 4.74 Å². The van der Waals surface area contributed by atoms with Crippen molar-refractivity contribution in [3.8, 4) is 28.3 Å². The molecule has 5 nitrogen and oxygen atoms in total. The predicted molar refractivity (Wildman–Crippen MR) is 120 cm³/mol. The van der Waals surface area contributed by atoms with Crippen LogP contribution in [0.1, 0.15) is 45.1 Å². The van der Waals surface area contributed by atoms with Crippen molar-refractivity contribution in [1.29, 1.82) is 0 Å². The van der Waals surface area contributed by atoms with Crippen molar-refractivity contribution in [3.05, 3.63) is 59.9 Å². The third-order valence-electron chi connectivity index (χ3n) is 5.07. The third-order valence-corrected chi connectivity index (χ3v) is 5.07. The average molecular weight is 425 g/mol. The van der Waals surface area contributed by atoms with Crippen LogP contribution in [0.25, 0.3) is 22.5 Å². The van der Waals surface area contributed by atoms with Gasteiger partial charge in [0.05, 0.1) is 24.4 Å². The molecule has 0 aliphatic rings. The lowest BCUT2D eigenvalue weighted by Crippen LogP contribution is -2.04. The van der Waals surface area contributed by atoms with Crippen molar-refractivity contribution in [2.45, 2.75) is 52.5 Å². The predicted octanol–water partition coefficient (Wildman–Crippen LogP) is 5.96. The second-order valence-electron chi connectivity index (χ2n) is 7.60. The summed E-state index contributed by atoms with van der Waals surface area (Å²) in [7, 11) is 0. The monoisotopic (exact) mass is 424 g/mol. The van der Waals surface area contributed by atoms with Gasteiger partial charge < -0.3 is 9.84 Å². The summed E-state index contributed by atoms with van der Waals surface area (Å²) in [5.74, 6) is -0.476. The van der Waals surface area contributed by atoms with Crippen LogP contribution in [0.15, 0.2) is 48.5 Å². The maximum atomic E-state index is 13.4. The first-order valence-corrected chi connectivity index (χ1v) is 10.8. The summed E-state index contributed by atoms with van der Waals surface area (Å²) in [6.07, 6.45) is 3.88. The van der Waals surface area contributed by atoms with Crippen LogP contribution in [0.4, 0.5) is 4.39 Å². The van der Waals surface area contributed by atoms with Gasteiger partial charge in [-0.05, 0) is 60.9 Å². The zero-order valence-electron chi connectivity index (χ0n) is 18.1. The molecule has 164 valence electrons. The number of nitrogens with zero attached hydrogens (tertiary/aromatic N) is 2. The van der Waals surface area contributed by atoms with E-state index in [9.17, 15) is 14.3 Å². The van der Waals surface area contributed by atoms with E-state index in [0.717, 1.165) is 49.0 Å². The zero-order chi connectivity index (χ0) is 22.2. The Labute approximate surface area is 182 Å². The molecular weight excluding hydrogens is 395 g/mol. The molecule has 0 aliphatic carbocycles. The Morgan fingerprint density at radius 1 is 1.06 bits per heavy atom. The molecular formula is C25H29FN2O3. The number of halogens is 1. The highest BCUT2D eigenvalue weighted by Crippen LogP contribution is 2.34. The number of ether oxygens (including phenoxy) is 1. The molecule has 3 rings (SSSR count). The molecule has 6 heteroatoms. The summed E-state index contributed by atoms with van der Waals surface area (Å²) in [5, 5.41) is 14.0. The molecule has 1 aromatic heterocycles. The number of unbranched alkanes of at least 4 members (excludes halogenated alkanes) is 2. The van der Waals surface area contributed by atoms with Crippen LogP contribution in [0.2, 0.25) is 0 Å². The smallest absolute Gasteiger partial charge is 0.307 e. The van der Waals surface area contributed by atoms with Gasteiger partial charge in [0, 0.05) is 17.7 Å². The van der Waals surface area contributed by atoms with Gasteiger partial charge in [-0.25, -0.2) is 4.39 Å². The maximum absolute atomic E-state index is 13.4. The molecule has 0 bridgehead atoms. The molecule has 1 heterocycles. The van der Waals surface area contributed by atoms with E-state index < -0.39 is 5.97 Å². The number of carboxylic acids is 1. The third kappa shape index (κ3) is 5.94. The minimum absolute atomic E-state index is 0.0659. The van der Waals surface area contributed by atoms with Crippen molar-refractivity contribution in [1.82, 2.24) is 9.78 Å². The van der Waals surface area contributed by atoms with Crippen LogP contribution in [-0.2, 0) is 17.8 Å². The fraction of sp³-hybridized carbons (Fsp3) is 0.360. The number of aromatic nitrogens is 2. The Bertz CT molecular complexity index is 1010. The van der Waals surface area contributed by atoms with Gasteiger partial charge in [-0.2, -0.15) is 5.10 Å². The first-order valence-electron chi connectivity index (χ1n) is 10.8. The molecule has 0 radical (unpaired) electrons. The minimum atomic E-state index is -0.883. The first-order chi connectivity index (χ1) is 15.0. The molecule has 0 spiro atoms. The standard InChI is InChI=1S/C25H29FN2O3/c1-3-5-13-28-23(19-8-10-20(26)11-9-19)17-22(27-28)21-15-18(16-25(29)30)7-12-24(21)31-14-6-4-2/h7-12,15,17H,3-6,13-14,16H2,1-2H3,(H,29,30). The Morgan fingerprint density at radius 2 is 1.81 bits per heavy atom. The van der Waals surface area contributed by atoms with Gasteiger partial charge in [0.25, 0.3) is 0 Å². The fourth-order valence-corrected chi connectivity index (χ4v) is 3.39. The van der Waals surface area contributed by atoms with Gasteiger partial charge in [-0.3, -0.25) is 9.48 Å². The van der Waals surface area contributed by atoms with Crippen LogP contribution in [0, 0.1) is 5.82 Å². The van der Waals surface area contributed by atoms with Crippen LogP contribution in [0.5, 0.6) is 5.75 Å². The molecule has 1 N–H and O–H groups in total. The van der Waals surface area contributed by atoms with E-state index in [1.807, 2.05) is 22.9 Å². The Kier molecular flexibility index (Phi) is 7.82. The molecule has 2 aromatic carbocycles. The highest BCUT2D eigenvalue weighted by atomic mass is 19.1. The molecule has 0 saturated heterocycles. The lowest BCUT2D eigenvalue weighted by atomic mass is 10.0. The van der Waals surface area contributed by atoms with Crippen molar-refractivity contribution in [3.63, 3.8) is 0 Å². The Morgan fingerprint density at radius 3 is 2.48 bits per heavy atom. The SMILES string of the molecule is CCCCOc1ccc(CC(=O)O)cc1-c1cc(-c2ccc(F)cc2)n(CCCC)n1. The number of carbonyl (C=O) groups is 1. The number of hydrogen-bond donors (Lipinski definition) is 1. The topological polar surface area (TPSA) is 64.3 Å². The number of aryl methyl sites for hydroxylation is 1. The number of carboxylic acid groups (broad SMARTS) is 1. The second kappa shape index (κ2) is 10.8.